The number of carbonyl (C=O) groups is 1. The van der Waals surface area contributed by atoms with Gasteiger partial charge in [0.25, 0.3) is 0 Å². The molecule has 1 atom stereocenters. The molecule has 3 nitrogen and oxygen atoms in total. The summed E-state index contributed by atoms with van der Waals surface area (Å²) in [5.41, 5.74) is 0. The highest BCUT2D eigenvalue weighted by molar-refractivity contribution is 8.01. The van der Waals surface area contributed by atoms with Gasteiger partial charge in [-0.2, -0.15) is 0 Å². The number of nitrogens with zero attached hydrogens (tertiary/aromatic N) is 1. The highest BCUT2D eigenvalue weighted by atomic mass is 32.2. The zero-order valence-electron chi connectivity index (χ0n) is 10.1. The molecule has 1 N–H and O–H groups in total. The van der Waals surface area contributed by atoms with Crippen molar-refractivity contribution < 1.29 is 4.79 Å². The van der Waals surface area contributed by atoms with E-state index in [0.29, 0.717) is 0 Å². The first-order chi connectivity index (χ1) is 6.79. The Morgan fingerprint density at radius 2 is 2.07 bits per heavy atom. The molecule has 4 heteroatoms. The van der Waals surface area contributed by atoms with Crippen LogP contribution in [0.15, 0.2) is 4.99 Å². The zero-order chi connectivity index (χ0) is 11.6. The number of amidine groups is 1. The van der Waals surface area contributed by atoms with Crippen molar-refractivity contribution in [3.63, 3.8) is 0 Å². The number of hydrogen-bond acceptors (Lipinski definition) is 3. The van der Waals surface area contributed by atoms with Crippen molar-refractivity contribution in [2.45, 2.75) is 45.4 Å². The van der Waals surface area contributed by atoms with Crippen LogP contribution in [0.4, 0.5) is 0 Å². The molecule has 0 aliphatic carbocycles. The highest BCUT2D eigenvalue weighted by Crippen LogP contribution is 2.24. The van der Waals surface area contributed by atoms with Gasteiger partial charge >= 0.3 is 0 Å². The zero-order valence-corrected chi connectivity index (χ0v) is 10.9. The minimum absolute atomic E-state index is 0.0505. The lowest BCUT2D eigenvalue weighted by Gasteiger charge is -2.16. The van der Waals surface area contributed by atoms with Gasteiger partial charge in [0.15, 0.2) is 0 Å². The van der Waals surface area contributed by atoms with E-state index in [2.05, 4.69) is 31.1 Å². The van der Waals surface area contributed by atoms with Gasteiger partial charge in [0.05, 0.1) is 5.75 Å². The van der Waals surface area contributed by atoms with Gasteiger partial charge in [-0.05, 0) is 5.92 Å². The SMILES string of the molecule is CC(C)C1N=C(CSC(C)(C)C)NC1=O. The summed E-state index contributed by atoms with van der Waals surface area (Å²) in [7, 11) is 0. The summed E-state index contributed by atoms with van der Waals surface area (Å²) in [6.45, 7) is 10.5. The Bertz CT molecular complexity index is 279. The van der Waals surface area contributed by atoms with Crippen LogP contribution in [0.25, 0.3) is 0 Å². The molecular weight excluding hydrogens is 208 g/mol. The first-order valence-corrected chi connectivity index (χ1v) is 6.29. The normalized spacial score (nSPS) is 21.9. The molecular formula is C11H20N2OS. The first-order valence-electron chi connectivity index (χ1n) is 5.31. The number of carbonyl (C=O) groups excluding carboxylic acids is 1. The second-order valence-corrected chi connectivity index (χ2v) is 6.96. The van der Waals surface area contributed by atoms with Crippen molar-refractivity contribution in [2.24, 2.45) is 10.9 Å². The quantitative estimate of drug-likeness (QED) is 0.803. The fourth-order valence-corrected chi connectivity index (χ4v) is 2.00. The number of nitrogens with one attached hydrogen (secondary N) is 1. The molecule has 15 heavy (non-hydrogen) atoms. The molecule has 1 unspecified atom stereocenters. The number of aliphatic imine (C=N–C) groups is 1. The summed E-state index contributed by atoms with van der Waals surface area (Å²) in [6, 6.07) is -0.180. The molecule has 0 saturated heterocycles. The van der Waals surface area contributed by atoms with Gasteiger partial charge in [0.1, 0.15) is 11.9 Å². The smallest absolute Gasteiger partial charge is 0.250 e. The van der Waals surface area contributed by atoms with Crippen LogP contribution in [-0.2, 0) is 4.79 Å². The molecule has 0 radical (unpaired) electrons. The van der Waals surface area contributed by atoms with Crippen LogP contribution in [0.2, 0.25) is 0 Å². The van der Waals surface area contributed by atoms with E-state index in [-0.39, 0.29) is 22.6 Å². The molecule has 1 heterocycles. The molecule has 0 aromatic heterocycles. The summed E-state index contributed by atoms with van der Waals surface area (Å²) in [5.74, 6) is 1.95. The summed E-state index contributed by atoms with van der Waals surface area (Å²) < 4.78 is 0.211. The van der Waals surface area contributed by atoms with Gasteiger partial charge in [-0.1, -0.05) is 34.6 Å². The van der Waals surface area contributed by atoms with Crippen LogP contribution < -0.4 is 5.32 Å². The Balaban J connectivity index is 2.52. The Labute approximate surface area is 96.1 Å². The van der Waals surface area contributed by atoms with Crippen LogP contribution >= 0.6 is 11.8 Å². The molecule has 0 aromatic rings. The van der Waals surface area contributed by atoms with Gasteiger partial charge in [-0.3, -0.25) is 9.79 Å². The van der Waals surface area contributed by atoms with E-state index in [1.165, 1.54) is 0 Å². The fourth-order valence-electron chi connectivity index (χ4n) is 1.28. The standard InChI is InChI=1S/C11H20N2OS/c1-7(2)9-10(14)13-8(12-9)6-15-11(3,4)5/h7,9H,6H2,1-5H3,(H,12,13,14). The third-order valence-electron chi connectivity index (χ3n) is 2.10. The maximum atomic E-state index is 11.5. The largest absolute Gasteiger partial charge is 0.312 e. The number of rotatable bonds is 3. The Morgan fingerprint density at radius 1 is 1.47 bits per heavy atom. The van der Waals surface area contributed by atoms with E-state index >= 15 is 0 Å². The van der Waals surface area contributed by atoms with Gasteiger partial charge in [-0.25, -0.2) is 0 Å². The topological polar surface area (TPSA) is 41.5 Å². The van der Waals surface area contributed by atoms with E-state index in [1.54, 1.807) is 11.8 Å². The van der Waals surface area contributed by atoms with Crippen molar-refractivity contribution in [2.75, 3.05) is 5.75 Å². The van der Waals surface area contributed by atoms with Crippen LogP contribution in [-0.4, -0.2) is 28.3 Å². The molecule has 0 bridgehead atoms. The first kappa shape index (κ1) is 12.6. The van der Waals surface area contributed by atoms with E-state index in [0.717, 1.165) is 11.6 Å². The van der Waals surface area contributed by atoms with Crippen LogP contribution in [0.1, 0.15) is 34.6 Å². The summed E-state index contributed by atoms with van der Waals surface area (Å²) >= 11 is 1.80. The average molecular weight is 228 g/mol. The average Bonchev–Trinajstić information content (AvgIpc) is 2.42. The molecule has 0 fully saturated rings. The second kappa shape index (κ2) is 4.56. The lowest BCUT2D eigenvalue weighted by molar-refractivity contribution is -0.120. The lowest BCUT2D eigenvalue weighted by Crippen LogP contribution is -2.32. The maximum Gasteiger partial charge on any atom is 0.250 e. The van der Waals surface area contributed by atoms with Crippen molar-refractivity contribution in [3.8, 4) is 0 Å². The van der Waals surface area contributed by atoms with E-state index in [9.17, 15) is 4.79 Å². The van der Waals surface area contributed by atoms with Crippen molar-refractivity contribution in [3.05, 3.63) is 0 Å². The minimum atomic E-state index is -0.180. The molecule has 86 valence electrons. The Morgan fingerprint density at radius 3 is 2.47 bits per heavy atom. The predicted octanol–water partition coefficient (Wildman–Crippen LogP) is 2.07. The Hall–Kier alpha value is -0.510. The van der Waals surface area contributed by atoms with Gasteiger partial charge in [0, 0.05) is 4.75 Å². The van der Waals surface area contributed by atoms with Gasteiger partial charge in [-0.15, -0.1) is 11.8 Å². The second-order valence-electron chi connectivity index (χ2n) is 5.15. The summed E-state index contributed by atoms with van der Waals surface area (Å²) in [5, 5.41) is 2.85. The molecule has 1 amide bonds. The predicted molar refractivity (Wildman–Crippen MR) is 66.4 cm³/mol. The molecule has 1 rings (SSSR count). The lowest BCUT2D eigenvalue weighted by atomic mass is 10.1. The molecule has 1 aliphatic rings. The number of hydrogen-bond donors (Lipinski definition) is 1. The third-order valence-corrected chi connectivity index (χ3v) is 3.39. The highest BCUT2D eigenvalue weighted by Gasteiger charge is 2.29. The van der Waals surface area contributed by atoms with Crippen LogP contribution in [0.3, 0.4) is 0 Å². The van der Waals surface area contributed by atoms with Crippen LogP contribution in [0.5, 0.6) is 0 Å². The maximum absolute atomic E-state index is 11.5. The summed E-state index contributed by atoms with van der Waals surface area (Å²) in [6.07, 6.45) is 0. The van der Waals surface area contributed by atoms with E-state index < -0.39 is 0 Å². The molecule has 0 aromatic carbocycles. The van der Waals surface area contributed by atoms with Gasteiger partial charge in [0.2, 0.25) is 5.91 Å². The summed E-state index contributed by atoms with van der Waals surface area (Å²) in [4.78, 5) is 15.9. The van der Waals surface area contributed by atoms with E-state index in [1.807, 2.05) is 13.8 Å². The van der Waals surface area contributed by atoms with Crippen molar-refractivity contribution in [1.82, 2.24) is 5.32 Å². The Kier molecular flexibility index (Phi) is 3.82. The molecule has 1 aliphatic heterocycles. The molecule has 0 spiro atoms. The third kappa shape index (κ3) is 3.86. The van der Waals surface area contributed by atoms with E-state index in [4.69, 9.17) is 0 Å². The monoisotopic (exact) mass is 228 g/mol. The van der Waals surface area contributed by atoms with Gasteiger partial charge < -0.3 is 5.32 Å². The number of amides is 1. The molecule has 0 saturated carbocycles. The number of thioether (sulfide) groups is 1. The van der Waals surface area contributed by atoms with Crippen LogP contribution in [0, 0.1) is 5.92 Å². The fraction of sp³-hybridized carbons (Fsp3) is 0.818. The van der Waals surface area contributed by atoms with Crippen molar-refractivity contribution in [1.29, 1.82) is 0 Å². The minimum Gasteiger partial charge on any atom is -0.312 e. The van der Waals surface area contributed by atoms with Crippen molar-refractivity contribution >= 4 is 23.5 Å².